The van der Waals surface area contributed by atoms with Crippen molar-refractivity contribution in [2.24, 2.45) is 0 Å². The molecule has 4 rings (SSSR count). The SMILES string of the molecule is COc1ccc(Cn2c(=O)c(Br)cn([C@@H]3O[C@H](CO[Si](C)(C)C(C)(C)C)[C@H]4OC(C)(C)O[C@H]43)c2=O)cc1. The fourth-order valence-corrected chi connectivity index (χ4v) is 5.80. The van der Waals surface area contributed by atoms with E-state index in [-0.39, 0.29) is 16.1 Å². The Morgan fingerprint density at radius 2 is 1.70 bits per heavy atom. The molecular weight excluding hydrogens is 560 g/mol. The van der Waals surface area contributed by atoms with E-state index in [1.165, 1.54) is 15.3 Å². The van der Waals surface area contributed by atoms with E-state index in [2.05, 4.69) is 49.8 Å². The van der Waals surface area contributed by atoms with Crippen LogP contribution in [0.1, 0.15) is 46.4 Å². The smallest absolute Gasteiger partial charge is 0.333 e. The lowest BCUT2D eigenvalue weighted by Gasteiger charge is -2.37. The lowest BCUT2D eigenvalue weighted by Crippen LogP contribution is -2.44. The molecule has 0 bridgehead atoms. The predicted molar refractivity (Wildman–Crippen MR) is 146 cm³/mol. The van der Waals surface area contributed by atoms with Crippen molar-refractivity contribution in [2.75, 3.05) is 13.7 Å². The molecule has 0 amide bonds. The molecule has 1 aromatic carbocycles. The summed E-state index contributed by atoms with van der Waals surface area (Å²) >= 11 is 3.34. The predicted octanol–water partition coefficient (Wildman–Crippen LogP) is 4.27. The van der Waals surface area contributed by atoms with Crippen molar-refractivity contribution >= 4 is 24.2 Å². The Hall–Kier alpha value is -1.76. The third-order valence-corrected chi connectivity index (χ3v) is 12.5. The Morgan fingerprint density at radius 3 is 2.30 bits per heavy atom. The van der Waals surface area contributed by atoms with E-state index in [9.17, 15) is 9.59 Å². The molecule has 2 aromatic rings. The molecule has 9 nitrogen and oxygen atoms in total. The molecular formula is C26H37BrN2O7Si. The summed E-state index contributed by atoms with van der Waals surface area (Å²) in [5.74, 6) is -0.148. The molecule has 37 heavy (non-hydrogen) atoms. The van der Waals surface area contributed by atoms with E-state index < -0.39 is 49.9 Å². The van der Waals surface area contributed by atoms with Crippen LogP contribution in [0.3, 0.4) is 0 Å². The highest BCUT2D eigenvalue weighted by Crippen LogP contribution is 2.44. The van der Waals surface area contributed by atoms with Crippen molar-refractivity contribution < 1.29 is 23.4 Å². The minimum Gasteiger partial charge on any atom is -0.497 e. The maximum absolute atomic E-state index is 13.6. The van der Waals surface area contributed by atoms with Crippen LogP contribution in [0, 0.1) is 0 Å². The van der Waals surface area contributed by atoms with Crippen LogP contribution in [-0.4, -0.2) is 55.3 Å². The van der Waals surface area contributed by atoms with Crippen LogP contribution >= 0.6 is 15.9 Å². The third-order valence-electron chi connectivity index (χ3n) is 7.47. The Bertz CT molecular complexity index is 1250. The van der Waals surface area contributed by atoms with E-state index in [0.29, 0.717) is 12.4 Å². The number of aromatic nitrogens is 2. The van der Waals surface area contributed by atoms with Crippen LogP contribution in [0.2, 0.25) is 18.1 Å². The van der Waals surface area contributed by atoms with E-state index in [1.54, 1.807) is 19.2 Å². The Balaban J connectivity index is 1.66. The highest BCUT2D eigenvalue weighted by Gasteiger charge is 2.56. The van der Waals surface area contributed by atoms with Gasteiger partial charge in [-0.3, -0.25) is 13.9 Å². The summed E-state index contributed by atoms with van der Waals surface area (Å²) in [5, 5.41) is 0.0372. The standard InChI is InChI=1S/C26H37BrN2O7Si/c1-25(2,3)37(7,8)33-15-19-20-21(36-26(4,5)35-20)23(34-19)29-14-18(27)22(30)28(24(29)31)13-16-9-11-17(32-6)12-10-16/h9-12,14,19-21,23H,13,15H2,1-8H3/t19-,20-,21-,23-/m1/s1. The van der Waals surface area contributed by atoms with Crippen LogP contribution < -0.4 is 16.0 Å². The summed E-state index contributed by atoms with van der Waals surface area (Å²) in [5.41, 5.74) is -0.127. The van der Waals surface area contributed by atoms with Gasteiger partial charge in [-0.25, -0.2) is 4.79 Å². The molecule has 11 heteroatoms. The molecule has 0 saturated carbocycles. The van der Waals surface area contributed by atoms with Gasteiger partial charge in [0.1, 0.15) is 24.1 Å². The summed E-state index contributed by atoms with van der Waals surface area (Å²) < 4.78 is 33.3. The summed E-state index contributed by atoms with van der Waals surface area (Å²) in [6.07, 6.45) is -0.704. The van der Waals surface area contributed by atoms with Gasteiger partial charge in [0.05, 0.1) is 24.7 Å². The largest absolute Gasteiger partial charge is 0.497 e. The van der Waals surface area contributed by atoms with Gasteiger partial charge >= 0.3 is 5.69 Å². The number of methoxy groups -OCH3 is 1. The van der Waals surface area contributed by atoms with Crippen LogP contribution in [0.4, 0.5) is 0 Å². The summed E-state index contributed by atoms with van der Waals surface area (Å²) in [4.78, 5) is 26.6. The van der Waals surface area contributed by atoms with E-state index in [1.807, 2.05) is 26.0 Å². The molecule has 1 aromatic heterocycles. The second-order valence-corrected chi connectivity index (χ2v) is 17.3. The molecule has 0 aliphatic carbocycles. The van der Waals surface area contributed by atoms with Gasteiger partial charge in [0.2, 0.25) is 0 Å². The van der Waals surface area contributed by atoms with E-state index in [0.717, 1.165) is 5.56 Å². The highest BCUT2D eigenvalue weighted by molar-refractivity contribution is 9.10. The van der Waals surface area contributed by atoms with Gasteiger partial charge in [-0.15, -0.1) is 0 Å². The Labute approximate surface area is 226 Å². The molecule has 204 valence electrons. The molecule has 0 radical (unpaired) electrons. The van der Waals surface area contributed by atoms with Crippen LogP contribution in [0.15, 0.2) is 44.5 Å². The number of hydrogen-bond acceptors (Lipinski definition) is 7. The zero-order valence-electron chi connectivity index (χ0n) is 22.7. The molecule has 0 spiro atoms. The van der Waals surface area contributed by atoms with Crippen LogP contribution in [0.25, 0.3) is 0 Å². The number of halogens is 1. The summed E-state index contributed by atoms with van der Waals surface area (Å²) in [7, 11) is -0.461. The molecule has 0 N–H and O–H groups in total. The number of ether oxygens (including phenoxy) is 4. The minimum absolute atomic E-state index is 0.0372. The summed E-state index contributed by atoms with van der Waals surface area (Å²) in [6, 6.07) is 7.23. The van der Waals surface area contributed by atoms with E-state index in [4.69, 9.17) is 23.4 Å². The molecule has 2 aliphatic heterocycles. The first-order valence-electron chi connectivity index (χ1n) is 12.4. The quantitative estimate of drug-likeness (QED) is 0.441. The second-order valence-electron chi connectivity index (χ2n) is 11.6. The first kappa shape index (κ1) is 28.3. The van der Waals surface area contributed by atoms with Gasteiger partial charge in [0.15, 0.2) is 20.3 Å². The van der Waals surface area contributed by atoms with Crippen molar-refractivity contribution in [3.63, 3.8) is 0 Å². The molecule has 0 unspecified atom stereocenters. The first-order valence-corrected chi connectivity index (χ1v) is 16.1. The van der Waals surface area contributed by atoms with Gasteiger partial charge in [-0.05, 0) is 65.6 Å². The van der Waals surface area contributed by atoms with Gasteiger partial charge < -0.3 is 23.4 Å². The monoisotopic (exact) mass is 596 g/mol. The normalized spacial score (nSPS) is 25.3. The summed E-state index contributed by atoms with van der Waals surface area (Å²) in [6.45, 7) is 15.0. The Morgan fingerprint density at radius 1 is 1.08 bits per heavy atom. The third kappa shape index (κ3) is 5.67. The van der Waals surface area contributed by atoms with Gasteiger partial charge in [0.25, 0.3) is 5.56 Å². The second kappa shape index (κ2) is 10.1. The number of nitrogens with zero attached hydrogens (tertiary/aromatic N) is 2. The van der Waals surface area contributed by atoms with Gasteiger partial charge in [-0.2, -0.15) is 0 Å². The fourth-order valence-electron chi connectivity index (χ4n) is 4.35. The topological polar surface area (TPSA) is 90.2 Å². The number of benzene rings is 1. The fraction of sp³-hybridized carbons (Fsp3) is 0.615. The Kier molecular flexibility index (Phi) is 7.70. The maximum atomic E-state index is 13.6. The molecule has 2 saturated heterocycles. The van der Waals surface area contributed by atoms with Crippen molar-refractivity contribution in [1.82, 2.24) is 9.13 Å². The average molecular weight is 598 g/mol. The van der Waals surface area contributed by atoms with Gasteiger partial charge in [-0.1, -0.05) is 32.9 Å². The van der Waals surface area contributed by atoms with Crippen molar-refractivity contribution in [1.29, 1.82) is 0 Å². The number of fused-ring (bicyclic) bond motifs is 1. The first-order chi connectivity index (χ1) is 17.1. The molecule has 2 aliphatic rings. The van der Waals surface area contributed by atoms with E-state index >= 15 is 0 Å². The average Bonchev–Trinajstić information content (AvgIpc) is 3.30. The number of hydrogen-bond donors (Lipinski definition) is 0. The number of rotatable bonds is 7. The highest BCUT2D eigenvalue weighted by atomic mass is 79.9. The zero-order valence-corrected chi connectivity index (χ0v) is 25.3. The zero-order chi connectivity index (χ0) is 27.3. The van der Waals surface area contributed by atoms with Crippen LogP contribution in [0.5, 0.6) is 5.75 Å². The van der Waals surface area contributed by atoms with Crippen molar-refractivity contribution in [3.8, 4) is 5.75 Å². The van der Waals surface area contributed by atoms with Crippen LogP contribution in [-0.2, 0) is 25.2 Å². The van der Waals surface area contributed by atoms with Crippen molar-refractivity contribution in [3.05, 3.63) is 61.3 Å². The maximum Gasteiger partial charge on any atom is 0.333 e. The van der Waals surface area contributed by atoms with Crippen molar-refractivity contribution in [2.45, 2.75) is 89.6 Å². The van der Waals surface area contributed by atoms with Gasteiger partial charge in [0, 0.05) is 6.20 Å². The molecule has 2 fully saturated rings. The molecule has 4 atom stereocenters. The lowest BCUT2D eigenvalue weighted by atomic mass is 10.1. The molecule has 3 heterocycles. The lowest BCUT2D eigenvalue weighted by molar-refractivity contribution is -0.200. The minimum atomic E-state index is -2.05.